The average molecular weight is 198 g/mol. The molecule has 0 heterocycles. The molecule has 0 aliphatic rings. The molecule has 13 heavy (non-hydrogen) atoms. The molecule has 0 saturated heterocycles. The summed E-state index contributed by atoms with van der Waals surface area (Å²) < 4.78 is 0. The smallest absolute Gasteiger partial charge is 0.0905 e. The Morgan fingerprint density at radius 1 is 1.31 bits per heavy atom. The molecule has 9 N–H and O–H groups in total. The highest BCUT2D eigenvalue weighted by molar-refractivity contribution is 5.68. The van der Waals surface area contributed by atoms with Crippen molar-refractivity contribution in [2.75, 3.05) is 0 Å². The van der Waals surface area contributed by atoms with Crippen LogP contribution in [0.2, 0.25) is 0 Å². The fraction of sp³-hybridized carbons (Fsp3) is 0.857. The first-order valence-electron chi connectivity index (χ1n) is 3.24. The average Bonchev–Trinajstić information content (AvgIpc) is 1.59. The molecule has 0 aromatic rings. The Morgan fingerprint density at radius 2 is 1.38 bits per heavy atom. The molecule has 0 bridgehead atoms. The van der Waals surface area contributed by atoms with Gasteiger partial charge in [0.1, 0.15) is 0 Å². The van der Waals surface area contributed by atoms with Crippen molar-refractivity contribution in [3.8, 4) is 0 Å². The first kappa shape index (κ1) is 22.8. The van der Waals surface area contributed by atoms with Crippen molar-refractivity contribution in [2.24, 2.45) is 0 Å². The van der Waals surface area contributed by atoms with Crippen LogP contribution in [0.3, 0.4) is 0 Å². The van der Waals surface area contributed by atoms with Gasteiger partial charge in [-0.3, -0.25) is 0 Å². The molecule has 0 amide bonds. The van der Waals surface area contributed by atoms with Gasteiger partial charge >= 0.3 is 0 Å². The van der Waals surface area contributed by atoms with Crippen LogP contribution >= 0.6 is 0 Å². The Balaban J connectivity index is -0.0000000546. The summed E-state index contributed by atoms with van der Waals surface area (Å²) in [6.45, 7) is 6.03. The number of hydrogen-bond acceptors (Lipinski definition) is 4. The zero-order valence-electron chi connectivity index (χ0n) is 9.25. The van der Waals surface area contributed by atoms with Crippen LogP contribution in [-0.2, 0) is 4.79 Å². The Hall–Kier alpha value is -0.690. The molecule has 0 aliphatic carbocycles. The first-order chi connectivity index (χ1) is 4.64. The van der Waals surface area contributed by atoms with Gasteiger partial charge in [0.05, 0.1) is 12.1 Å². The van der Waals surface area contributed by atoms with Crippen LogP contribution in [0.4, 0.5) is 0 Å². The number of quaternary nitrogens is 2. The topological polar surface area (TPSA) is 156 Å². The molecule has 0 fully saturated rings. The van der Waals surface area contributed by atoms with E-state index < -0.39 is 17.7 Å². The maximum Gasteiger partial charge on any atom is 0.0905 e. The van der Waals surface area contributed by atoms with Gasteiger partial charge in [-0.25, -0.2) is 0 Å². The lowest BCUT2D eigenvalue weighted by Gasteiger charge is -2.23. The van der Waals surface area contributed by atoms with Gasteiger partial charge in [0.15, 0.2) is 0 Å². The van der Waals surface area contributed by atoms with E-state index in [9.17, 15) is 15.0 Å². The molecule has 6 nitrogen and oxygen atoms in total. The normalized spacial score (nSPS) is 10.9. The molecule has 0 aliphatic heterocycles. The Labute approximate surface area is 78.8 Å². The number of carbonyl (C=O) groups is 1. The predicted octanol–water partition coefficient (Wildman–Crippen LogP) is -0.985. The SMILES string of the molecule is CC(C)(C)[O-].CC(O)C(=O)[O-].[NH4+].[NH4+]. The van der Waals surface area contributed by atoms with E-state index in [1.165, 1.54) is 0 Å². The van der Waals surface area contributed by atoms with Crippen LogP contribution in [0.1, 0.15) is 27.7 Å². The summed E-state index contributed by atoms with van der Waals surface area (Å²) in [4.78, 5) is 9.34. The van der Waals surface area contributed by atoms with E-state index in [4.69, 9.17) is 5.11 Å². The second-order valence-electron chi connectivity index (χ2n) is 3.11. The lowest BCUT2D eigenvalue weighted by molar-refractivity contribution is -0.458. The van der Waals surface area contributed by atoms with Gasteiger partial charge in [-0.1, -0.05) is 20.8 Å². The van der Waals surface area contributed by atoms with E-state index in [0.29, 0.717) is 0 Å². The molecule has 0 aromatic heterocycles. The van der Waals surface area contributed by atoms with Gasteiger partial charge in [-0.2, -0.15) is 0 Å². The van der Waals surface area contributed by atoms with Gasteiger partial charge in [-0.05, 0) is 6.92 Å². The van der Waals surface area contributed by atoms with E-state index in [1.54, 1.807) is 20.8 Å². The van der Waals surface area contributed by atoms with Crippen molar-refractivity contribution in [1.29, 1.82) is 0 Å². The monoisotopic (exact) mass is 198 g/mol. The van der Waals surface area contributed by atoms with Crippen molar-refractivity contribution >= 4 is 5.97 Å². The third-order valence-electron chi connectivity index (χ3n) is 0.341. The Morgan fingerprint density at radius 3 is 1.38 bits per heavy atom. The van der Waals surface area contributed by atoms with Crippen LogP contribution < -0.4 is 22.5 Å². The molecular formula is C7H22N2O4. The molecule has 0 aromatic carbocycles. The van der Waals surface area contributed by atoms with Crippen molar-refractivity contribution in [1.82, 2.24) is 12.3 Å². The van der Waals surface area contributed by atoms with Crippen molar-refractivity contribution in [3.05, 3.63) is 0 Å². The van der Waals surface area contributed by atoms with Crippen molar-refractivity contribution in [3.63, 3.8) is 0 Å². The van der Waals surface area contributed by atoms with Crippen molar-refractivity contribution in [2.45, 2.75) is 39.4 Å². The van der Waals surface area contributed by atoms with Gasteiger partial charge in [0.25, 0.3) is 0 Å². The van der Waals surface area contributed by atoms with Crippen LogP contribution in [-0.4, -0.2) is 22.8 Å². The summed E-state index contributed by atoms with van der Waals surface area (Å²) >= 11 is 0. The summed E-state index contributed by atoms with van der Waals surface area (Å²) in [5.74, 6) is -1.44. The van der Waals surface area contributed by atoms with E-state index in [-0.39, 0.29) is 12.3 Å². The maximum absolute atomic E-state index is 10.1. The minimum atomic E-state index is -1.44. The highest BCUT2D eigenvalue weighted by atomic mass is 16.4. The lowest BCUT2D eigenvalue weighted by atomic mass is 10.2. The zero-order valence-corrected chi connectivity index (χ0v) is 9.25. The largest absolute Gasteiger partial charge is 0.850 e. The molecule has 84 valence electrons. The molecule has 0 rings (SSSR count). The number of rotatable bonds is 1. The molecule has 6 heteroatoms. The predicted molar refractivity (Wildman–Crippen MR) is 48.4 cm³/mol. The van der Waals surface area contributed by atoms with Gasteiger partial charge < -0.3 is 32.4 Å². The summed E-state index contributed by atoms with van der Waals surface area (Å²) in [5, 5.41) is 27.4. The number of hydrogen-bond donors (Lipinski definition) is 3. The minimum absolute atomic E-state index is 0. The Bertz CT molecular complexity index is 114. The van der Waals surface area contributed by atoms with Gasteiger partial charge in [0, 0.05) is 0 Å². The van der Waals surface area contributed by atoms with E-state index >= 15 is 0 Å². The number of aliphatic hydroxyl groups is 1. The van der Waals surface area contributed by atoms with Crippen molar-refractivity contribution < 1.29 is 20.1 Å². The number of carboxylic acid groups (broad SMARTS) is 1. The van der Waals surface area contributed by atoms with E-state index in [2.05, 4.69) is 0 Å². The van der Waals surface area contributed by atoms with Crippen LogP contribution in [0.15, 0.2) is 0 Å². The maximum atomic E-state index is 10.1. The molecular weight excluding hydrogens is 176 g/mol. The fourth-order valence-corrected chi connectivity index (χ4v) is 0. The van der Waals surface area contributed by atoms with E-state index in [0.717, 1.165) is 6.92 Å². The lowest BCUT2D eigenvalue weighted by Crippen LogP contribution is -2.32. The second-order valence-corrected chi connectivity index (χ2v) is 3.11. The summed E-state index contributed by atoms with van der Waals surface area (Å²) in [6, 6.07) is 0. The molecule has 1 unspecified atom stereocenters. The summed E-state index contributed by atoms with van der Waals surface area (Å²) in [6.07, 6.45) is -1.34. The minimum Gasteiger partial charge on any atom is -0.850 e. The third kappa shape index (κ3) is 89.5. The summed E-state index contributed by atoms with van der Waals surface area (Å²) in [5.41, 5.74) is -0.750. The molecule has 0 saturated carbocycles. The highest BCUT2D eigenvalue weighted by Gasteiger charge is 1.89. The third-order valence-corrected chi connectivity index (χ3v) is 0.341. The zero-order chi connectivity index (χ0) is 9.65. The van der Waals surface area contributed by atoms with E-state index in [1.807, 2.05) is 0 Å². The van der Waals surface area contributed by atoms with Gasteiger partial charge in [-0.15, -0.1) is 5.60 Å². The number of carboxylic acids is 1. The fourth-order valence-electron chi connectivity index (χ4n) is 0. The molecule has 1 atom stereocenters. The first-order valence-corrected chi connectivity index (χ1v) is 3.24. The number of carbonyl (C=O) groups excluding carboxylic acids is 1. The van der Waals surface area contributed by atoms with Crippen LogP contribution in [0.5, 0.6) is 0 Å². The second kappa shape index (κ2) is 9.40. The number of aliphatic hydroxyl groups excluding tert-OH is 1. The molecule has 0 spiro atoms. The van der Waals surface area contributed by atoms with Gasteiger partial charge in [0.2, 0.25) is 0 Å². The highest BCUT2D eigenvalue weighted by Crippen LogP contribution is 1.87. The quantitative estimate of drug-likeness (QED) is 0.494. The van der Waals surface area contributed by atoms with Crippen LogP contribution in [0.25, 0.3) is 0 Å². The summed E-state index contributed by atoms with van der Waals surface area (Å²) in [7, 11) is 0. The Kier molecular flexibility index (Phi) is 16.5. The number of aliphatic carboxylic acids is 1. The van der Waals surface area contributed by atoms with Crippen LogP contribution in [0, 0.1) is 0 Å². The molecule has 0 radical (unpaired) electrons. The standard InChI is InChI=1S/C4H9O.C3H6O3.2H3N/c1-4(2,3)5;1-2(4)3(5)6;;/h1-3H3;2,4H,1H3,(H,5,6);2*1H3/q-1;;;/p+1.